The largest absolute Gasteiger partial charge is 0.226 e. The standard InChI is InChI=1S/C11H16FN/c1-2-3-7-10-13(12)11-8-5-4-6-9-11/h4-6,8-9H,2-3,7,10H2,1H3/q+1. The molecule has 0 aliphatic carbocycles. The molecular weight excluding hydrogens is 165 g/mol. The second kappa shape index (κ2) is 5.70. The number of nitrogens with zero attached hydrogens (tertiary/aromatic N) is 1. The van der Waals surface area contributed by atoms with Crippen LogP contribution >= 0.6 is 0 Å². The molecule has 0 aliphatic heterocycles. The highest BCUT2D eigenvalue weighted by molar-refractivity contribution is 5.36. The molecule has 0 heterocycles. The molecule has 13 heavy (non-hydrogen) atoms. The summed E-state index contributed by atoms with van der Waals surface area (Å²) < 4.78 is 13.3. The second-order valence-corrected chi connectivity index (χ2v) is 3.13. The first kappa shape index (κ1) is 10.2. The van der Waals surface area contributed by atoms with E-state index < -0.39 is 0 Å². The first-order valence-electron chi connectivity index (χ1n) is 4.83. The van der Waals surface area contributed by atoms with Gasteiger partial charge in [0.15, 0.2) is 6.54 Å². The monoisotopic (exact) mass is 181 g/mol. The van der Waals surface area contributed by atoms with Gasteiger partial charge in [-0.1, -0.05) is 31.5 Å². The van der Waals surface area contributed by atoms with Gasteiger partial charge in [0.2, 0.25) is 5.69 Å². The van der Waals surface area contributed by atoms with E-state index in [1.54, 1.807) is 12.1 Å². The summed E-state index contributed by atoms with van der Waals surface area (Å²) in [5, 5.41) is 0.815. The van der Waals surface area contributed by atoms with Crippen LogP contribution in [0.3, 0.4) is 0 Å². The molecule has 1 aromatic carbocycles. The number of para-hydroxylation sites is 1. The number of anilines is 1. The first-order chi connectivity index (χ1) is 6.34. The molecule has 0 saturated carbocycles. The summed E-state index contributed by atoms with van der Waals surface area (Å²) in [6, 6.07) is 9.16. The van der Waals surface area contributed by atoms with E-state index in [1.807, 2.05) is 18.2 Å². The zero-order valence-corrected chi connectivity index (χ0v) is 8.04. The minimum atomic E-state index is 0.498. The van der Waals surface area contributed by atoms with E-state index in [0.717, 1.165) is 24.4 Å². The van der Waals surface area contributed by atoms with Gasteiger partial charge in [0.1, 0.15) is 0 Å². The van der Waals surface area contributed by atoms with Gasteiger partial charge in [0.25, 0.3) is 0 Å². The molecule has 0 spiro atoms. The lowest BCUT2D eigenvalue weighted by atomic mass is 10.2. The predicted octanol–water partition coefficient (Wildman–Crippen LogP) is 3.53. The zero-order valence-electron chi connectivity index (χ0n) is 8.04. The van der Waals surface area contributed by atoms with Gasteiger partial charge in [-0.2, -0.15) is 0 Å². The Kier molecular flexibility index (Phi) is 4.47. The van der Waals surface area contributed by atoms with Gasteiger partial charge in [-0.25, -0.2) is 0 Å². The van der Waals surface area contributed by atoms with Crippen LogP contribution in [0.4, 0.5) is 10.2 Å². The maximum Gasteiger partial charge on any atom is 0.226 e. The highest BCUT2D eigenvalue weighted by Gasteiger charge is 2.17. The van der Waals surface area contributed by atoms with E-state index in [4.69, 9.17) is 0 Å². The molecule has 0 aliphatic rings. The normalized spacial score (nSPS) is 10.7. The summed E-state index contributed by atoms with van der Waals surface area (Å²) in [6.45, 7) is 2.61. The number of halogens is 1. The van der Waals surface area contributed by atoms with Crippen molar-refractivity contribution in [2.45, 2.75) is 26.2 Å². The Morgan fingerprint density at radius 3 is 2.46 bits per heavy atom. The van der Waals surface area contributed by atoms with Crippen LogP contribution < -0.4 is 5.12 Å². The lowest BCUT2D eigenvalue weighted by Crippen LogP contribution is -2.14. The quantitative estimate of drug-likeness (QED) is 0.484. The molecular formula is C11H16FN+. The number of rotatable bonds is 5. The predicted molar refractivity (Wildman–Crippen MR) is 53.7 cm³/mol. The van der Waals surface area contributed by atoms with Crippen molar-refractivity contribution in [2.24, 2.45) is 0 Å². The fraction of sp³-hybridized carbons (Fsp3) is 0.455. The molecule has 0 unspecified atom stereocenters. The summed E-state index contributed by atoms with van der Waals surface area (Å²) in [5.41, 5.74) is 0.651. The van der Waals surface area contributed by atoms with Crippen molar-refractivity contribution in [3.8, 4) is 0 Å². The topological polar surface area (TPSA) is 5.90 Å². The molecule has 1 aromatic rings. The molecule has 0 aromatic heterocycles. The number of unbranched alkanes of at least 4 members (excludes halogenated alkanes) is 2. The SMILES string of the molecule is CCCCC[N+](F)c1ccccc1. The molecule has 0 saturated heterocycles. The molecule has 1 radical (unpaired) electrons. The molecule has 0 bridgehead atoms. The van der Waals surface area contributed by atoms with E-state index in [-0.39, 0.29) is 0 Å². The smallest absolute Gasteiger partial charge is 0.0654 e. The summed E-state index contributed by atoms with van der Waals surface area (Å²) >= 11 is 0. The molecule has 0 N–H and O–H groups in total. The fourth-order valence-electron chi connectivity index (χ4n) is 1.22. The Morgan fingerprint density at radius 2 is 1.85 bits per heavy atom. The Bertz CT molecular complexity index is 223. The number of hydrogen-bond donors (Lipinski definition) is 0. The second-order valence-electron chi connectivity index (χ2n) is 3.13. The Balaban J connectivity index is 2.35. The molecule has 1 rings (SSSR count). The number of hydrogen-bond acceptors (Lipinski definition) is 1. The van der Waals surface area contributed by atoms with Crippen molar-refractivity contribution in [1.29, 1.82) is 0 Å². The van der Waals surface area contributed by atoms with Gasteiger partial charge in [-0.3, -0.25) is 0 Å². The van der Waals surface area contributed by atoms with Crippen molar-refractivity contribution >= 4 is 5.69 Å². The van der Waals surface area contributed by atoms with Gasteiger partial charge < -0.3 is 0 Å². The van der Waals surface area contributed by atoms with Gasteiger partial charge in [-0.05, 0) is 6.42 Å². The van der Waals surface area contributed by atoms with Gasteiger partial charge in [0, 0.05) is 18.6 Å². The van der Waals surface area contributed by atoms with Gasteiger partial charge in [0.05, 0.1) is 9.60 Å². The molecule has 0 amide bonds. The maximum atomic E-state index is 13.3. The summed E-state index contributed by atoms with van der Waals surface area (Å²) in [6.07, 6.45) is 3.14. The molecule has 0 atom stereocenters. The van der Waals surface area contributed by atoms with Crippen LogP contribution in [-0.2, 0) is 0 Å². The molecule has 0 fully saturated rings. The molecule has 71 valence electrons. The van der Waals surface area contributed by atoms with E-state index in [2.05, 4.69) is 6.92 Å². The first-order valence-corrected chi connectivity index (χ1v) is 4.83. The van der Waals surface area contributed by atoms with Crippen LogP contribution in [0.25, 0.3) is 0 Å². The molecule has 2 heteroatoms. The average Bonchev–Trinajstić information content (AvgIpc) is 2.19. The van der Waals surface area contributed by atoms with E-state index in [1.165, 1.54) is 0 Å². The van der Waals surface area contributed by atoms with Crippen LogP contribution in [0.2, 0.25) is 0 Å². The Hall–Kier alpha value is -0.890. The summed E-state index contributed by atoms with van der Waals surface area (Å²) in [4.78, 5) is 0. The highest BCUT2D eigenvalue weighted by atomic mass is 19.2. The third-order valence-electron chi connectivity index (χ3n) is 1.99. The summed E-state index contributed by atoms with van der Waals surface area (Å²) in [7, 11) is 0. The molecule has 1 nitrogen and oxygen atoms in total. The lowest BCUT2D eigenvalue weighted by molar-refractivity contribution is 0.213. The third kappa shape index (κ3) is 3.55. The average molecular weight is 181 g/mol. The minimum absolute atomic E-state index is 0.498. The maximum absolute atomic E-state index is 13.3. The Morgan fingerprint density at radius 1 is 1.15 bits per heavy atom. The van der Waals surface area contributed by atoms with Crippen molar-refractivity contribution in [3.05, 3.63) is 30.3 Å². The van der Waals surface area contributed by atoms with E-state index >= 15 is 0 Å². The Labute approximate surface area is 79.1 Å². The third-order valence-corrected chi connectivity index (χ3v) is 1.99. The highest BCUT2D eigenvalue weighted by Crippen LogP contribution is 2.13. The van der Waals surface area contributed by atoms with Crippen LogP contribution in [-0.4, -0.2) is 6.54 Å². The fourth-order valence-corrected chi connectivity index (χ4v) is 1.22. The summed E-state index contributed by atoms with van der Waals surface area (Å²) in [5.74, 6) is 0. The van der Waals surface area contributed by atoms with Crippen LogP contribution in [0.1, 0.15) is 26.2 Å². The van der Waals surface area contributed by atoms with E-state index in [9.17, 15) is 4.48 Å². The van der Waals surface area contributed by atoms with Crippen molar-refractivity contribution in [2.75, 3.05) is 6.54 Å². The minimum Gasteiger partial charge on any atom is -0.0654 e. The van der Waals surface area contributed by atoms with E-state index in [0.29, 0.717) is 12.2 Å². The van der Waals surface area contributed by atoms with Crippen LogP contribution in [0, 0.1) is 0 Å². The van der Waals surface area contributed by atoms with Crippen LogP contribution in [0.15, 0.2) is 30.3 Å². The van der Waals surface area contributed by atoms with Crippen LogP contribution in [0.5, 0.6) is 0 Å². The zero-order chi connectivity index (χ0) is 9.52. The van der Waals surface area contributed by atoms with Gasteiger partial charge in [-0.15, -0.1) is 0 Å². The van der Waals surface area contributed by atoms with Crippen molar-refractivity contribution < 1.29 is 4.48 Å². The van der Waals surface area contributed by atoms with Gasteiger partial charge >= 0.3 is 0 Å². The van der Waals surface area contributed by atoms with Crippen molar-refractivity contribution in [3.63, 3.8) is 0 Å². The lowest BCUT2D eigenvalue weighted by Gasteiger charge is -1.97. The number of benzene rings is 1. The van der Waals surface area contributed by atoms with Crippen molar-refractivity contribution in [1.82, 2.24) is 5.12 Å².